The van der Waals surface area contributed by atoms with E-state index in [0.717, 1.165) is 18.2 Å². The third kappa shape index (κ3) is 36.2. The van der Waals surface area contributed by atoms with Gasteiger partial charge in [0.15, 0.2) is 0 Å². The molecule has 0 fully saturated rings. The summed E-state index contributed by atoms with van der Waals surface area (Å²) in [5.74, 6) is 1.01. The Bertz CT molecular complexity index is 558. The third-order valence-electron chi connectivity index (χ3n) is 10.2. The van der Waals surface area contributed by atoms with Crippen LogP contribution in [0.25, 0.3) is 0 Å². The molecule has 0 saturated carbocycles. The molecule has 0 bridgehead atoms. The highest BCUT2D eigenvalue weighted by molar-refractivity contribution is 4.83. The summed E-state index contributed by atoms with van der Waals surface area (Å²) in [5.41, 5.74) is 1.10. The first-order valence-corrected chi connectivity index (χ1v) is 21.3. The first-order chi connectivity index (χ1) is 22.1. The molecule has 0 aromatic rings. The predicted octanol–water partition coefficient (Wildman–Crippen LogP) is 14.6. The van der Waals surface area contributed by atoms with E-state index in [2.05, 4.69) is 44.5 Å². The van der Waals surface area contributed by atoms with Crippen molar-refractivity contribution in [1.29, 1.82) is 0 Å². The van der Waals surface area contributed by atoms with Gasteiger partial charge in [0.25, 0.3) is 0 Å². The summed E-state index contributed by atoms with van der Waals surface area (Å²) in [6.45, 7) is 18.0. The normalized spacial score (nSPS) is 12.3. The largest absolute Gasteiger partial charge is 0.389 e. The van der Waals surface area contributed by atoms with E-state index >= 15 is 0 Å². The van der Waals surface area contributed by atoms with Crippen LogP contribution < -0.4 is 5.32 Å². The van der Waals surface area contributed by atoms with Crippen LogP contribution in [0.5, 0.6) is 0 Å². The van der Waals surface area contributed by atoms with Crippen molar-refractivity contribution < 1.29 is 0 Å². The first-order valence-electron chi connectivity index (χ1n) is 21.3. The van der Waals surface area contributed by atoms with Crippen molar-refractivity contribution in [2.75, 3.05) is 26.2 Å². The smallest absolute Gasteiger partial charge is 0.0155 e. The minimum atomic E-state index is 1.01. The van der Waals surface area contributed by atoms with Crippen molar-refractivity contribution in [3.05, 3.63) is 12.3 Å². The molecule has 45 heavy (non-hydrogen) atoms. The number of rotatable bonds is 39. The second kappa shape index (κ2) is 38.0. The second-order valence-corrected chi connectivity index (χ2v) is 15.0. The summed E-state index contributed by atoms with van der Waals surface area (Å²) in [7, 11) is 0. The fraction of sp³-hybridized carbons (Fsp3) is 0.953. The van der Waals surface area contributed by atoms with E-state index < -0.39 is 0 Å². The van der Waals surface area contributed by atoms with Crippen LogP contribution in [0.1, 0.15) is 233 Å². The maximum absolute atomic E-state index is 4.01. The average Bonchev–Trinajstić information content (AvgIpc) is 3.03. The monoisotopic (exact) mass is 633 g/mol. The van der Waals surface area contributed by atoms with E-state index in [-0.39, 0.29) is 0 Å². The van der Waals surface area contributed by atoms with Crippen LogP contribution in [0.15, 0.2) is 12.3 Å². The molecule has 2 heteroatoms. The lowest BCUT2D eigenvalue weighted by Crippen LogP contribution is -2.29. The van der Waals surface area contributed by atoms with Gasteiger partial charge < -0.3 is 10.2 Å². The number of hydrogen-bond acceptors (Lipinski definition) is 2. The van der Waals surface area contributed by atoms with Gasteiger partial charge in [-0.3, -0.25) is 0 Å². The van der Waals surface area contributed by atoms with Crippen LogP contribution in [0.3, 0.4) is 0 Å². The fourth-order valence-corrected chi connectivity index (χ4v) is 7.10. The maximum atomic E-state index is 4.01. The van der Waals surface area contributed by atoms with Crippen LogP contribution in [-0.4, -0.2) is 31.1 Å². The van der Waals surface area contributed by atoms with Crippen LogP contribution in [0.4, 0.5) is 0 Å². The summed E-state index contributed by atoms with van der Waals surface area (Å²) in [6, 6.07) is 0. The number of unbranched alkanes of at least 4 members (excludes halogenated alkanes) is 24. The maximum Gasteiger partial charge on any atom is 0.0155 e. The van der Waals surface area contributed by atoms with E-state index in [4.69, 9.17) is 0 Å². The van der Waals surface area contributed by atoms with E-state index in [1.807, 2.05) is 0 Å². The molecular weight excluding hydrogens is 544 g/mol. The van der Waals surface area contributed by atoms with Crippen LogP contribution in [0, 0.1) is 5.92 Å². The molecule has 0 aliphatic carbocycles. The molecule has 0 radical (unpaired) electrons. The summed E-state index contributed by atoms with van der Waals surface area (Å²) < 4.78 is 0. The van der Waals surface area contributed by atoms with E-state index in [1.54, 1.807) is 0 Å². The number of nitrogens with zero attached hydrogens (tertiary/aromatic N) is 1. The Hall–Kier alpha value is -0.500. The van der Waals surface area contributed by atoms with E-state index in [9.17, 15) is 0 Å². The van der Waals surface area contributed by atoms with Crippen molar-refractivity contribution in [1.82, 2.24) is 10.2 Å². The first kappa shape index (κ1) is 44.5. The molecule has 0 rings (SSSR count). The molecule has 0 aromatic heterocycles. The van der Waals surface area contributed by atoms with Gasteiger partial charge in [0.2, 0.25) is 0 Å². The Balaban J connectivity index is 4.07. The summed E-state index contributed by atoms with van der Waals surface area (Å²) in [4.78, 5) is 2.78. The molecule has 1 atom stereocenters. The highest BCUT2D eigenvalue weighted by Crippen LogP contribution is 2.24. The Kier molecular flexibility index (Phi) is 37.5. The molecule has 270 valence electrons. The van der Waals surface area contributed by atoms with Crippen molar-refractivity contribution in [2.24, 2.45) is 5.92 Å². The molecule has 1 unspecified atom stereocenters. The number of allylic oxidation sites excluding steroid dienone is 1. The van der Waals surface area contributed by atoms with Crippen LogP contribution in [0.2, 0.25) is 0 Å². The van der Waals surface area contributed by atoms with Crippen molar-refractivity contribution in [3.63, 3.8) is 0 Å². The van der Waals surface area contributed by atoms with Gasteiger partial charge in [-0.2, -0.15) is 0 Å². The highest BCUT2D eigenvalue weighted by Gasteiger charge is 2.09. The fourth-order valence-electron chi connectivity index (χ4n) is 7.10. The molecule has 0 amide bonds. The van der Waals surface area contributed by atoms with Crippen molar-refractivity contribution in [3.8, 4) is 0 Å². The molecule has 0 saturated heterocycles. The Morgan fingerprint density at radius 1 is 0.422 bits per heavy atom. The number of hydrogen-bond donors (Lipinski definition) is 1. The molecule has 1 N–H and O–H groups in total. The Labute approximate surface area is 287 Å². The van der Waals surface area contributed by atoms with Crippen molar-refractivity contribution >= 4 is 0 Å². The molecular formula is C43H88N2. The van der Waals surface area contributed by atoms with Gasteiger partial charge >= 0.3 is 0 Å². The Morgan fingerprint density at radius 3 is 1.07 bits per heavy atom. The zero-order valence-electron chi connectivity index (χ0n) is 32.2. The quantitative estimate of drug-likeness (QED) is 0.0678. The van der Waals surface area contributed by atoms with Gasteiger partial charge in [-0.15, -0.1) is 0 Å². The lowest BCUT2D eigenvalue weighted by Gasteiger charge is -2.22. The summed E-state index contributed by atoms with van der Waals surface area (Å²) in [5, 5.41) is 3.44. The number of nitrogens with one attached hydrogen (secondary N) is 1. The highest BCUT2D eigenvalue weighted by atomic mass is 15.1. The zero-order chi connectivity index (χ0) is 32.9. The van der Waals surface area contributed by atoms with Crippen LogP contribution in [-0.2, 0) is 0 Å². The molecule has 0 aromatic carbocycles. The van der Waals surface area contributed by atoms with Gasteiger partial charge in [-0.25, -0.2) is 0 Å². The predicted molar refractivity (Wildman–Crippen MR) is 208 cm³/mol. The second-order valence-electron chi connectivity index (χ2n) is 15.0. The Morgan fingerprint density at radius 2 is 0.711 bits per heavy atom. The summed E-state index contributed by atoms with van der Waals surface area (Å²) in [6.07, 6.45) is 46.2. The van der Waals surface area contributed by atoms with Gasteiger partial charge in [-0.1, -0.05) is 214 Å². The molecule has 0 aliphatic heterocycles. The van der Waals surface area contributed by atoms with Crippen LogP contribution >= 0.6 is 0 Å². The zero-order valence-corrected chi connectivity index (χ0v) is 32.2. The lowest BCUT2D eigenvalue weighted by molar-refractivity contribution is 0.256. The lowest BCUT2D eigenvalue weighted by atomic mass is 9.89. The molecule has 0 aliphatic rings. The van der Waals surface area contributed by atoms with E-state index in [0.29, 0.717) is 0 Å². The summed E-state index contributed by atoms with van der Waals surface area (Å²) >= 11 is 0. The molecule has 0 spiro atoms. The van der Waals surface area contributed by atoms with Gasteiger partial charge in [-0.05, 0) is 51.7 Å². The molecule has 0 heterocycles. The van der Waals surface area contributed by atoms with Crippen molar-refractivity contribution in [2.45, 2.75) is 233 Å². The van der Waals surface area contributed by atoms with Gasteiger partial charge in [0.1, 0.15) is 0 Å². The van der Waals surface area contributed by atoms with Gasteiger partial charge in [0, 0.05) is 12.2 Å². The topological polar surface area (TPSA) is 15.3 Å². The average molecular weight is 633 g/mol. The minimum Gasteiger partial charge on any atom is -0.389 e. The SMILES string of the molecule is C=C(C)NCCCN(CCCCCCCCCCCCCCCC)CCCCCCCC(CCCCCC)CCCCCCC. The van der Waals surface area contributed by atoms with E-state index in [1.165, 1.54) is 225 Å². The van der Waals surface area contributed by atoms with Gasteiger partial charge in [0.05, 0.1) is 0 Å². The third-order valence-corrected chi connectivity index (χ3v) is 10.2. The standard InChI is InChI=1S/C43H88N2/c1-6-9-12-15-16-17-18-19-20-21-22-23-27-32-39-45(41-34-38-44-42(4)5)40-33-28-24-26-31-37-43(35-29-14-11-8-3)36-30-25-13-10-7-2/h43-44H,4,6-41H2,1-3,5H3. The molecule has 2 nitrogen and oxygen atoms in total. The minimum absolute atomic E-state index is 1.01.